The van der Waals surface area contributed by atoms with Crippen molar-refractivity contribution in [3.8, 4) is 0 Å². The van der Waals surface area contributed by atoms with E-state index >= 15 is 0 Å². The van der Waals surface area contributed by atoms with Crippen LogP contribution in [-0.2, 0) is 26.8 Å². The van der Waals surface area contributed by atoms with Crippen LogP contribution in [0.15, 0.2) is 93.5 Å². The first kappa shape index (κ1) is 40.4. The number of fused-ring (bicyclic) bond motifs is 2. The third kappa shape index (κ3) is 9.23. The molecule has 1 aliphatic carbocycles. The molecule has 2 aliphatic heterocycles. The molecule has 6 rings (SSSR count). The van der Waals surface area contributed by atoms with E-state index < -0.39 is 30.7 Å². The maximum absolute atomic E-state index is 11.8. The summed E-state index contributed by atoms with van der Waals surface area (Å²) in [4.78, 5) is 9.90. The molecule has 1 saturated heterocycles. The van der Waals surface area contributed by atoms with Crippen LogP contribution in [0.2, 0.25) is 0 Å². The van der Waals surface area contributed by atoms with Gasteiger partial charge < -0.3 is 24.2 Å². The topological polar surface area (TPSA) is 128 Å². The predicted octanol–water partition coefficient (Wildman–Crippen LogP) is 6.08. The Bertz CT molecular complexity index is 2240. The van der Waals surface area contributed by atoms with Crippen molar-refractivity contribution in [1.82, 2.24) is 14.7 Å². The molecule has 0 bridgehead atoms. The van der Waals surface area contributed by atoms with Crippen molar-refractivity contribution >= 4 is 82.6 Å². The van der Waals surface area contributed by atoms with Crippen LogP contribution in [0.5, 0.6) is 0 Å². The van der Waals surface area contributed by atoms with Crippen molar-refractivity contribution in [2.75, 3.05) is 51.7 Å². The van der Waals surface area contributed by atoms with Crippen LogP contribution in [0, 0.1) is 0 Å². The minimum absolute atomic E-state index is 0.222. The van der Waals surface area contributed by atoms with Crippen molar-refractivity contribution in [2.45, 2.75) is 61.5 Å². The summed E-state index contributed by atoms with van der Waals surface area (Å²) in [5.74, 6) is 0. The molecular weight excluding hydrogens is 783 g/mol. The van der Waals surface area contributed by atoms with Gasteiger partial charge in [-0.1, -0.05) is 53.4 Å². The highest BCUT2D eigenvalue weighted by molar-refractivity contribution is 8.03. The van der Waals surface area contributed by atoms with Gasteiger partial charge in [0.15, 0.2) is 11.7 Å². The van der Waals surface area contributed by atoms with E-state index in [-0.39, 0.29) is 12.8 Å². The maximum atomic E-state index is 11.8. The number of anilines is 1. The third-order valence-corrected chi connectivity index (χ3v) is 15.5. The molecule has 54 heavy (non-hydrogen) atoms. The molecule has 0 saturated carbocycles. The summed E-state index contributed by atoms with van der Waals surface area (Å²) in [5, 5.41) is 0.935. The number of thioether (sulfide) groups is 1. The summed E-state index contributed by atoms with van der Waals surface area (Å²) in [7, 11) is -4.58. The number of aryl methyl sites for hydroxylation is 1. The van der Waals surface area contributed by atoms with Crippen molar-refractivity contribution in [3.63, 3.8) is 0 Å². The van der Waals surface area contributed by atoms with Crippen LogP contribution in [-0.4, -0.2) is 103 Å². The van der Waals surface area contributed by atoms with E-state index in [0.717, 1.165) is 75.0 Å². The number of aromatic nitrogens is 1. The Balaban J connectivity index is 1.34. The van der Waals surface area contributed by atoms with Gasteiger partial charge in [-0.25, -0.2) is 8.42 Å². The number of hydrogen-bond donors (Lipinski definition) is 1. The molecule has 1 aromatic heterocycles. The number of rotatable bonds is 12. The van der Waals surface area contributed by atoms with Gasteiger partial charge in [0.1, 0.15) is 4.70 Å². The number of thiocarbonyl (C=S) groups is 1. The standard InChI is InChI=1S/C38H47N5O6S5/c1-27(53(44,45)46)19-21-42-31-9-5-7-11-33(31)51-35(42)17-15-29-13-14-30(37(29)40-23-25-41(26-24-40)38(50)39(3)4)16-18-36-43(22-20-28(2)54(47,48)49)32-10-6-8-12-34(32)52-36/h5-12,15-18,27-28H,13-14,19-26H2,1-4H3,(H-,44,45,46,47,48,49). The normalized spacial score (nSPS) is 19.5. The average Bonchev–Trinajstić information content (AvgIpc) is 3.82. The zero-order valence-corrected chi connectivity index (χ0v) is 35.0. The fourth-order valence-electron chi connectivity index (χ4n) is 6.92. The van der Waals surface area contributed by atoms with Crippen LogP contribution in [0.1, 0.15) is 44.5 Å². The molecular formula is C38H47N5O6S5. The Morgan fingerprint density at radius 1 is 0.963 bits per heavy atom. The second-order valence-electron chi connectivity index (χ2n) is 14.0. The molecule has 0 spiro atoms. The van der Waals surface area contributed by atoms with Crippen LogP contribution in [0.3, 0.4) is 0 Å². The number of nitrogens with zero attached hydrogens (tertiary/aromatic N) is 5. The van der Waals surface area contributed by atoms with Crippen molar-refractivity contribution in [3.05, 3.63) is 93.6 Å². The summed E-state index contributed by atoms with van der Waals surface area (Å²) in [5.41, 5.74) is 5.65. The first-order valence-electron chi connectivity index (χ1n) is 18.0. The Kier molecular flexibility index (Phi) is 12.6. The van der Waals surface area contributed by atoms with E-state index in [0.29, 0.717) is 13.1 Å². The Morgan fingerprint density at radius 3 is 2.37 bits per heavy atom. The van der Waals surface area contributed by atoms with Gasteiger partial charge in [0.2, 0.25) is 5.52 Å². The molecule has 0 amide bonds. The Labute approximate surface area is 332 Å². The molecule has 1 fully saturated rings. The number of thiazole rings is 1. The maximum Gasteiger partial charge on any atom is 0.267 e. The van der Waals surface area contributed by atoms with E-state index in [9.17, 15) is 25.9 Å². The number of hydrogen-bond acceptors (Lipinski definition) is 10. The molecule has 3 heterocycles. The molecule has 2 unspecified atom stereocenters. The zero-order chi connectivity index (χ0) is 38.8. The SMILES string of the molecule is CC(CC[n+]1c(/C=C/C2=C(N3CCN(C(=S)N(C)C)CC3)C(=C/C=C3\Sc4ccccc4N3CCC(C)S(=O)(=O)O)/CC2)sc2ccccc21)S(=O)(=O)[O-]. The van der Waals surface area contributed by atoms with Crippen molar-refractivity contribution in [2.24, 2.45) is 0 Å². The number of benzene rings is 2. The molecule has 2 aromatic carbocycles. The quantitative estimate of drug-likeness (QED) is 0.129. The predicted molar refractivity (Wildman–Crippen MR) is 222 cm³/mol. The first-order chi connectivity index (χ1) is 25.6. The Hall–Kier alpha value is -3.25. The smallest absolute Gasteiger partial charge is 0.267 e. The van der Waals surface area contributed by atoms with Gasteiger partial charge in [-0.05, 0) is 86.8 Å². The summed E-state index contributed by atoms with van der Waals surface area (Å²) in [6, 6.07) is 16.1. The fraction of sp³-hybridized carbons (Fsp3) is 0.421. The number of para-hydroxylation sites is 2. The summed E-state index contributed by atoms with van der Waals surface area (Å²) in [6.07, 6.45) is 10.8. The molecule has 3 aromatic rings. The summed E-state index contributed by atoms with van der Waals surface area (Å²) < 4.78 is 71.6. The zero-order valence-electron chi connectivity index (χ0n) is 30.9. The number of allylic oxidation sites excluding steroid dienone is 5. The van der Waals surface area contributed by atoms with Gasteiger partial charge in [-0.15, -0.1) is 0 Å². The van der Waals surface area contributed by atoms with Gasteiger partial charge >= 0.3 is 0 Å². The second kappa shape index (κ2) is 16.9. The second-order valence-corrected chi connectivity index (χ2v) is 20.2. The molecule has 1 N–H and O–H groups in total. The molecule has 16 heteroatoms. The van der Waals surface area contributed by atoms with Gasteiger partial charge in [-0.3, -0.25) is 4.55 Å². The van der Waals surface area contributed by atoms with E-state index in [1.165, 1.54) is 30.7 Å². The van der Waals surface area contributed by atoms with Crippen LogP contribution < -0.4 is 9.47 Å². The van der Waals surface area contributed by atoms with E-state index in [1.54, 1.807) is 23.1 Å². The monoisotopic (exact) mass is 829 g/mol. The summed E-state index contributed by atoms with van der Waals surface area (Å²) in [6.45, 7) is 7.06. The van der Waals surface area contributed by atoms with Crippen LogP contribution >= 0.6 is 35.3 Å². The largest absolute Gasteiger partial charge is 0.748 e. The molecule has 2 atom stereocenters. The van der Waals surface area contributed by atoms with E-state index in [4.69, 9.17) is 12.2 Å². The van der Waals surface area contributed by atoms with Crippen molar-refractivity contribution in [1.29, 1.82) is 0 Å². The minimum Gasteiger partial charge on any atom is -0.748 e. The Morgan fingerprint density at radius 2 is 1.67 bits per heavy atom. The summed E-state index contributed by atoms with van der Waals surface area (Å²) >= 11 is 8.99. The lowest BCUT2D eigenvalue weighted by Crippen LogP contribution is -2.51. The average molecular weight is 830 g/mol. The number of piperazine rings is 1. The molecule has 11 nitrogen and oxygen atoms in total. The minimum atomic E-state index is -4.39. The van der Waals surface area contributed by atoms with Crippen LogP contribution in [0.4, 0.5) is 5.69 Å². The highest BCUT2D eigenvalue weighted by Crippen LogP contribution is 2.46. The first-order valence-corrected chi connectivity index (χ1v) is 23.0. The highest BCUT2D eigenvalue weighted by Gasteiger charge is 2.30. The lowest BCUT2D eigenvalue weighted by Gasteiger charge is -2.40. The molecule has 3 aliphatic rings. The van der Waals surface area contributed by atoms with Crippen LogP contribution in [0.25, 0.3) is 16.3 Å². The van der Waals surface area contributed by atoms with Gasteiger partial charge in [0, 0.05) is 76.0 Å². The highest BCUT2D eigenvalue weighted by atomic mass is 32.2. The van der Waals surface area contributed by atoms with Gasteiger partial charge in [-0.2, -0.15) is 13.0 Å². The fourth-order valence-corrected chi connectivity index (χ4v) is 10.1. The molecule has 290 valence electrons. The van der Waals surface area contributed by atoms with Gasteiger partial charge in [0.05, 0.1) is 31.3 Å². The van der Waals surface area contributed by atoms with Gasteiger partial charge in [0.25, 0.3) is 15.1 Å². The molecule has 0 radical (unpaired) electrons. The third-order valence-electron chi connectivity index (χ3n) is 10.2. The van der Waals surface area contributed by atoms with E-state index in [1.807, 2.05) is 55.4 Å². The lowest BCUT2D eigenvalue weighted by molar-refractivity contribution is -0.669. The van der Waals surface area contributed by atoms with Crippen molar-refractivity contribution < 1.29 is 30.5 Å². The lowest BCUT2D eigenvalue weighted by atomic mass is 10.1. The van der Waals surface area contributed by atoms with E-state index in [2.05, 4.69) is 55.7 Å².